The number of fused-ring (bicyclic) bond motifs is 1. The van der Waals surface area contributed by atoms with Crippen molar-refractivity contribution in [2.45, 2.75) is 24.2 Å². The molecule has 26 heavy (non-hydrogen) atoms. The first kappa shape index (κ1) is 16.6. The first-order valence-electron chi connectivity index (χ1n) is 8.19. The number of carbonyl (C=O) groups excluding carboxylic acids is 1. The molecule has 4 rings (SSSR count). The second-order valence-corrected chi connectivity index (χ2v) is 6.92. The van der Waals surface area contributed by atoms with E-state index in [0.717, 1.165) is 5.56 Å². The van der Waals surface area contributed by atoms with Crippen LogP contribution in [0.4, 0.5) is 0 Å². The van der Waals surface area contributed by atoms with Crippen LogP contribution in [-0.4, -0.2) is 26.4 Å². The molecule has 1 amide bonds. The topological polar surface area (TPSA) is 90.0 Å². The number of rotatable bonds is 5. The highest BCUT2D eigenvalue weighted by atomic mass is 32.2. The van der Waals surface area contributed by atoms with Crippen LogP contribution in [0.3, 0.4) is 0 Å². The van der Waals surface area contributed by atoms with Crippen LogP contribution in [0.25, 0.3) is 11.3 Å². The van der Waals surface area contributed by atoms with E-state index in [1.807, 2.05) is 36.4 Å². The molecule has 1 aliphatic heterocycles. The maximum atomic E-state index is 12.3. The summed E-state index contributed by atoms with van der Waals surface area (Å²) in [5.41, 5.74) is 1.46. The zero-order valence-electron chi connectivity index (χ0n) is 13.8. The van der Waals surface area contributed by atoms with Gasteiger partial charge in [0.25, 0.3) is 5.56 Å². The van der Waals surface area contributed by atoms with Crippen LogP contribution in [-0.2, 0) is 11.3 Å². The largest absolute Gasteiger partial charge is 0.356 e. The average Bonchev–Trinajstić information content (AvgIpc) is 3.29. The predicted octanol–water partition coefficient (Wildman–Crippen LogP) is 2.25. The third-order valence-electron chi connectivity index (χ3n) is 4.12. The third kappa shape index (κ3) is 3.41. The Labute approximate surface area is 153 Å². The quantitative estimate of drug-likeness (QED) is 0.695. The highest BCUT2D eigenvalue weighted by Crippen LogP contribution is 2.31. The first-order valence-corrected chi connectivity index (χ1v) is 9.17. The van der Waals surface area contributed by atoms with Crippen molar-refractivity contribution in [1.29, 1.82) is 0 Å². The first-order chi connectivity index (χ1) is 12.7. The Bertz CT molecular complexity index is 983. The summed E-state index contributed by atoms with van der Waals surface area (Å²) in [6.45, 7) is 0.282. The third-order valence-corrected chi connectivity index (χ3v) is 5.23. The van der Waals surface area contributed by atoms with Gasteiger partial charge in [-0.3, -0.25) is 14.2 Å². The molecule has 0 bridgehead atoms. The molecule has 0 radical (unpaired) electrons. The number of nitrogens with one attached hydrogen (secondary N) is 1. The lowest BCUT2D eigenvalue weighted by Crippen LogP contribution is -2.30. The van der Waals surface area contributed by atoms with Crippen molar-refractivity contribution in [3.63, 3.8) is 0 Å². The molecule has 3 heterocycles. The molecule has 1 aliphatic rings. The minimum atomic E-state index is -0.173. The van der Waals surface area contributed by atoms with Gasteiger partial charge in [0.05, 0.1) is 12.6 Å². The fourth-order valence-corrected chi connectivity index (χ4v) is 3.97. The van der Waals surface area contributed by atoms with Crippen LogP contribution < -0.4 is 10.9 Å². The second-order valence-electron chi connectivity index (χ2n) is 5.93. The number of aromatic nitrogens is 3. The number of thioether (sulfide) groups is 1. The molecule has 1 atom stereocenters. The molecule has 3 aromatic rings. The highest BCUT2D eigenvalue weighted by Gasteiger charge is 2.26. The normalized spacial score (nSPS) is 15.6. The molecule has 8 heteroatoms. The Morgan fingerprint density at radius 1 is 1.31 bits per heavy atom. The van der Waals surface area contributed by atoms with Crippen molar-refractivity contribution in [3.05, 3.63) is 64.7 Å². The van der Waals surface area contributed by atoms with Gasteiger partial charge in [-0.25, -0.2) is 4.98 Å². The summed E-state index contributed by atoms with van der Waals surface area (Å²) in [5, 5.41) is 7.49. The van der Waals surface area contributed by atoms with Crippen molar-refractivity contribution < 1.29 is 9.32 Å². The lowest BCUT2D eigenvalue weighted by molar-refractivity contribution is -0.121. The molecule has 7 nitrogen and oxygen atoms in total. The summed E-state index contributed by atoms with van der Waals surface area (Å²) in [4.78, 5) is 28.4. The van der Waals surface area contributed by atoms with Gasteiger partial charge in [-0.05, 0) is 0 Å². The van der Waals surface area contributed by atoms with E-state index in [2.05, 4.69) is 15.5 Å². The van der Waals surface area contributed by atoms with Crippen LogP contribution in [0.2, 0.25) is 0 Å². The van der Waals surface area contributed by atoms with Crippen molar-refractivity contribution in [2.75, 3.05) is 5.75 Å². The number of carbonyl (C=O) groups is 1. The predicted molar refractivity (Wildman–Crippen MR) is 96.7 cm³/mol. The van der Waals surface area contributed by atoms with Crippen molar-refractivity contribution in [2.24, 2.45) is 0 Å². The summed E-state index contributed by atoms with van der Waals surface area (Å²) in [6, 6.07) is 12.7. The number of benzene rings is 1. The molecule has 2 aromatic heterocycles. The Balaban J connectivity index is 1.36. The van der Waals surface area contributed by atoms with Crippen LogP contribution in [0.5, 0.6) is 0 Å². The lowest BCUT2D eigenvalue weighted by atomic mass is 10.1. The monoisotopic (exact) mass is 368 g/mol. The minimum Gasteiger partial charge on any atom is -0.356 e. The van der Waals surface area contributed by atoms with Gasteiger partial charge in [0.1, 0.15) is 5.69 Å². The molecule has 0 fully saturated rings. The highest BCUT2D eigenvalue weighted by molar-refractivity contribution is 7.99. The summed E-state index contributed by atoms with van der Waals surface area (Å²) >= 11 is 1.49. The fourth-order valence-electron chi connectivity index (χ4n) is 2.85. The second kappa shape index (κ2) is 7.17. The van der Waals surface area contributed by atoms with Gasteiger partial charge in [-0.1, -0.05) is 47.3 Å². The van der Waals surface area contributed by atoms with E-state index in [9.17, 15) is 9.59 Å². The molecular weight excluding hydrogens is 352 g/mol. The van der Waals surface area contributed by atoms with Crippen LogP contribution >= 0.6 is 11.8 Å². The van der Waals surface area contributed by atoms with Gasteiger partial charge in [0.15, 0.2) is 10.9 Å². The molecule has 0 saturated heterocycles. The maximum Gasteiger partial charge on any atom is 0.254 e. The van der Waals surface area contributed by atoms with E-state index < -0.39 is 0 Å². The number of amides is 1. The molecule has 0 spiro atoms. The fraction of sp³-hybridized carbons (Fsp3) is 0.222. The lowest BCUT2D eigenvalue weighted by Gasteiger charge is -2.12. The minimum absolute atomic E-state index is 0.123. The van der Waals surface area contributed by atoms with Crippen LogP contribution in [0.1, 0.15) is 18.2 Å². The summed E-state index contributed by atoms with van der Waals surface area (Å²) < 4.78 is 6.91. The van der Waals surface area contributed by atoms with E-state index in [0.29, 0.717) is 22.4 Å². The van der Waals surface area contributed by atoms with Crippen LogP contribution in [0.15, 0.2) is 63.1 Å². The summed E-state index contributed by atoms with van der Waals surface area (Å²) in [5.74, 6) is 1.19. The van der Waals surface area contributed by atoms with E-state index in [1.54, 1.807) is 4.57 Å². The van der Waals surface area contributed by atoms with Crippen molar-refractivity contribution in [3.8, 4) is 11.3 Å². The standard InChI is InChI=1S/C18H16N4O3S/c23-16(9-14-11-26-18-19-7-6-17(24)22(14)18)20-10-13-8-15(25-21-13)12-4-2-1-3-5-12/h1-8,14H,9-11H2,(H,20,23). The Hall–Kier alpha value is -2.87. The van der Waals surface area contributed by atoms with E-state index in [-0.39, 0.29) is 30.5 Å². The van der Waals surface area contributed by atoms with Crippen LogP contribution in [0, 0.1) is 0 Å². The SMILES string of the molecule is O=C(CC1CSc2nccc(=O)n21)NCc1cc(-c2ccccc2)on1. The van der Waals surface area contributed by atoms with Crippen molar-refractivity contribution in [1.82, 2.24) is 20.0 Å². The Kier molecular flexibility index (Phi) is 4.57. The molecule has 1 aromatic carbocycles. The zero-order valence-corrected chi connectivity index (χ0v) is 14.6. The van der Waals surface area contributed by atoms with Gasteiger partial charge in [0.2, 0.25) is 5.91 Å². The maximum absolute atomic E-state index is 12.3. The van der Waals surface area contributed by atoms with E-state index in [1.165, 1.54) is 24.0 Å². The summed E-state index contributed by atoms with van der Waals surface area (Å²) in [7, 11) is 0. The molecule has 1 N–H and O–H groups in total. The summed E-state index contributed by atoms with van der Waals surface area (Å²) in [6.07, 6.45) is 1.73. The van der Waals surface area contributed by atoms with Crippen molar-refractivity contribution >= 4 is 17.7 Å². The Morgan fingerprint density at radius 3 is 3.00 bits per heavy atom. The smallest absolute Gasteiger partial charge is 0.254 e. The van der Waals surface area contributed by atoms with Gasteiger partial charge in [-0.2, -0.15) is 0 Å². The molecule has 1 unspecified atom stereocenters. The average molecular weight is 368 g/mol. The van der Waals surface area contributed by atoms with Gasteiger partial charge >= 0.3 is 0 Å². The molecule has 132 valence electrons. The molecule has 0 aliphatic carbocycles. The van der Waals surface area contributed by atoms with Gasteiger partial charge < -0.3 is 9.84 Å². The molecule has 0 saturated carbocycles. The molecular formula is C18H16N4O3S. The van der Waals surface area contributed by atoms with Gasteiger partial charge in [0, 0.05) is 36.1 Å². The van der Waals surface area contributed by atoms with E-state index >= 15 is 0 Å². The number of hydrogen-bond donors (Lipinski definition) is 1. The zero-order chi connectivity index (χ0) is 17.9. The van der Waals surface area contributed by atoms with E-state index in [4.69, 9.17) is 4.52 Å². The van der Waals surface area contributed by atoms with Gasteiger partial charge in [-0.15, -0.1) is 0 Å². The number of hydrogen-bond acceptors (Lipinski definition) is 6. The Morgan fingerprint density at radius 2 is 2.15 bits per heavy atom. The number of nitrogens with zero attached hydrogens (tertiary/aromatic N) is 3.